The summed E-state index contributed by atoms with van der Waals surface area (Å²) in [5, 5.41) is 12.3. The fourth-order valence-corrected chi connectivity index (χ4v) is 3.04. The van der Waals surface area contributed by atoms with Crippen molar-refractivity contribution in [2.45, 2.75) is 38.5 Å². The molecular weight excluding hydrogens is 396 g/mol. The lowest BCUT2D eigenvalue weighted by molar-refractivity contribution is -0.119. The maximum absolute atomic E-state index is 13.0. The van der Waals surface area contributed by atoms with Crippen LogP contribution in [0.3, 0.4) is 0 Å². The third-order valence-electron chi connectivity index (χ3n) is 4.85. The van der Waals surface area contributed by atoms with Gasteiger partial charge < -0.3 is 10.4 Å². The van der Waals surface area contributed by atoms with Crippen LogP contribution in [0.15, 0.2) is 30.6 Å². The van der Waals surface area contributed by atoms with Crippen LogP contribution in [0.25, 0.3) is 22.3 Å². The maximum Gasteiger partial charge on any atom is 0.417 e. The number of pyridine rings is 1. The van der Waals surface area contributed by atoms with Crippen molar-refractivity contribution in [3.05, 3.63) is 36.4 Å². The molecule has 1 fully saturated rings. The van der Waals surface area contributed by atoms with Gasteiger partial charge in [0, 0.05) is 35.2 Å². The van der Waals surface area contributed by atoms with Gasteiger partial charge in [-0.1, -0.05) is 20.8 Å². The van der Waals surface area contributed by atoms with Crippen LogP contribution in [0.5, 0.6) is 0 Å². The molecule has 30 heavy (non-hydrogen) atoms. The molecule has 2 N–H and O–H groups in total. The number of halogens is 2. The van der Waals surface area contributed by atoms with E-state index in [1.165, 1.54) is 18.5 Å². The zero-order chi connectivity index (χ0) is 21.8. The highest BCUT2D eigenvalue weighted by atomic mass is 19.3. The summed E-state index contributed by atoms with van der Waals surface area (Å²) in [5.74, 6) is -4.42. The van der Waals surface area contributed by atoms with Crippen LogP contribution in [0.4, 0.5) is 19.4 Å². The Labute approximate surface area is 170 Å². The van der Waals surface area contributed by atoms with Gasteiger partial charge in [0.15, 0.2) is 5.65 Å². The number of amides is 1. The highest BCUT2D eigenvalue weighted by molar-refractivity contribution is 5.96. The number of carbonyl (C=O) groups is 2. The van der Waals surface area contributed by atoms with E-state index in [1.807, 2.05) is 20.8 Å². The van der Waals surface area contributed by atoms with Crippen molar-refractivity contribution >= 4 is 28.9 Å². The molecule has 3 aromatic heterocycles. The van der Waals surface area contributed by atoms with E-state index in [2.05, 4.69) is 20.3 Å². The predicted octanol–water partition coefficient (Wildman–Crippen LogP) is 3.91. The summed E-state index contributed by atoms with van der Waals surface area (Å²) in [6.45, 7) is 5.74. The van der Waals surface area contributed by atoms with Gasteiger partial charge in [-0.2, -0.15) is 0 Å². The van der Waals surface area contributed by atoms with Crippen LogP contribution in [0.1, 0.15) is 33.0 Å². The first-order chi connectivity index (χ1) is 14.0. The molecule has 0 aromatic carbocycles. The van der Waals surface area contributed by atoms with Crippen molar-refractivity contribution in [2.24, 2.45) is 5.92 Å². The van der Waals surface area contributed by atoms with Crippen molar-refractivity contribution in [3.63, 3.8) is 0 Å². The molecule has 4 rings (SSSR count). The Morgan fingerprint density at radius 3 is 2.47 bits per heavy atom. The number of carbonyl (C=O) groups excluding carboxylic acids is 1. The quantitative estimate of drug-likeness (QED) is 0.671. The van der Waals surface area contributed by atoms with Gasteiger partial charge in [-0.25, -0.2) is 33.1 Å². The van der Waals surface area contributed by atoms with Crippen molar-refractivity contribution in [1.29, 1.82) is 0 Å². The molecule has 1 saturated carbocycles. The molecule has 0 saturated heterocycles. The van der Waals surface area contributed by atoms with Gasteiger partial charge in [0.25, 0.3) is 5.92 Å². The first-order valence-electron chi connectivity index (χ1n) is 9.25. The maximum atomic E-state index is 13.0. The van der Waals surface area contributed by atoms with Gasteiger partial charge in [0.2, 0.25) is 5.91 Å². The smallest absolute Gasteiger partial charge is 0.417 e. The molecule has 0 bridgehead atoms. The second-order valence-electron chi connectivity index (χ2n) is 8.29. The number of rotatable bonds is 3. The second-order valence-corrected chi connectivity index (χ2v) is 8.29. The van der Waals surface area contributed by atoms with E-state index in [0.29, 0.717) is 22.5 Å². The number of hydrogen-bond donors (Lipinski definition) is 2. The van der Waals surface area contributed by atoms with E-state index in [4.69, 9.17) is 0 Å². The van der Waals surface area contributed by atoms with Gasteiger partial charge in [-0.05, 0) is 18.2 Å². The van der Waals surface area contributed by atoms with Gasteiger partial charge >= 0.3 is 6.09 Å². The molecule has 0 aliphatic heterocycles. The van der Waals surface area contributed by atoms with Crippen LogP contribution in [-0.4, -0.2) is 42.5 Å². The van der Waals surface area contributed by atoms with Gasteiger partial charge in [0.1, 0.15) is 17.6 Å². The molecule has 1 atom stereocenters. The third kappa shape index (κ3) is 3.49. The average Bonchev–Trinajstić information content (AvgIpc) is 3.10. The number of anilines is 1. The molecule has 10 heteroatoms. The standard InChI is InChI=1S/C20H19F2N5O3/c1-19(2,3)17-25-14(11-6-7-27(18(29)30)15(11)26-17)10-4-5-13(23-9-10)24-16(28)12-8-20(12,21)22/h4-7,9,12H,8H2,1-3H3,(H,29,30)(H,23,24,28). The Kier molecular flexibility index (Phi) is 4.33. The van der Waals surface area contributed by atoms with Crippen LogP contribution < -0.4 is 5.32 Å². The van der Waals surface area contributed by atoms with Crippen molar-refractivity contribution in [3.8, 4) is 11.3 Å². The van der Waals surface area contributed by atoms with Crippen molar-refractivity contribution < 1.29 is 23.5 Å². The molecule has 1 unspecified atom stereocenters. The second kappa shape index (κ2) is 6.54. The largest absolute Gasteiger partial charge is 0.464 e. The van der Waals surface area contributed by atoms with E-state index >= 15 is 0 Å². The minimum atomic E-state index is -2.95. The Bertz CT molecular complexity index is 1170. The van der Waals surface area contributed by atoms with E-state index in [-0.39, 0.29) is 11.5 Å². The number of fused-ring (bicyclic) bond motifs is 1. The Balaban J connectivity index is 1.72. The monoisotopic (exact) mass is 415 g/mol. The van der Waals surface area contributed by atoms with Gasteiger partial charge in [-0.3, -0.25) is 4.79 Å². The molecule has 156 valence electrons. The lowest BCUT2D eigenvalue weighted by atomic mass is 9.95. The minimum absolute atomic E-state index is 0.149. The summed E-state index contributed by atoms with van der Waals surface area (Å²) in [4.78, 5) is 36.6. The summed E-state index contributed by atoms with van der Waals surface area (Å²) in [6, 6.07) is 4.74. The summed E-state index contributed by atoms with van der Waals surface area (Å²) in [6.07, 6.45) is 1.23. The van der Waals surface area contributed by atoms with E-state index in [9.17, 15) is 23.5 Å². The molecule has 1 amide bonds. The minimum Gasteiger partial charge on any atom is -0.464 e. The Hall–Kier alpha value is -3.43. The fraction of sp³-hybridized carbons (Fsp3) is 0.350. The number of nitrogens with zero attached hydrogens (tertiary/aromatic N) is 4. The van der Waals surface area contributed by atoms with E-state index < -0.39 is 35.7 Å². The van der Waals surface area contributed by atoms with E-state index in [0.717, 1.165) is 4.57 Å². The summed E-state index contributed by atoms with van der Waals surface area (Å²) in [7, 11) is 0. The topological polar surface area (TPSA) is 110 Å². The number of alkyl halides is 2. The van der Waals surface area contributed by atoms with Gasteiger partial charge in [-0.15, -0.1) is 0 Å². The Morgan fingerprint density at radius 2 is 1.93 bits per heavy atom. The molecule has 0 spiro atoms. The highest BCUT2D eigenvalue weighted by Crippen LogP contribution is 2.49. The number of hydrogen-bond acceptors (Lipinski definition) is 5. The lowest BCUT2D eigenvalue weighted by Gasteiger charge is -2.18. The molecular formula is C20H19F2N5O3. The van der Waals surface area contributed by atoms with Crippen LogP contribution in [-0.2, 0) is 10.2 Å². The molecule has 1 aliphatic rings. The number of nitrogens with one attached hydrogen (secondary N) is 1. The summed E-state index contributed by atoms with van der Waals surface area (Å²) < 4.78 is 27.1. The SMILES string of the molecule is CC(C)(C)c1nc(-c2ccc(NC(=O)C3CC3(F)F)nc2)c2ccn(C(=O)O)c2n1. The fourth-order valence-electron chi connectivity index (χ4n) is 3.04. The zero-order valence-electron chi connectivity index (χ0n) is 16.5. The molecule has 3 aromatic rings. The van der Waals surface area contributed by atoms with Crippen LogP contribution >= 0.6 is 0 Å². The molecule has 0 radical (unpaired) electrons. The number of aromatic nitrogens is 4. The molecule has 8 nitrogen and oxygen atoms in total. The normalized spacial score (nSPS) is 17.7. The first kappa shape index (κ1) is 19.9. The first-order valence-corrected chi connectivity index (χ1v) is 9.25. The van der Waals surface area contributed by atoms with Crippen LogP contribution in [0.2, 0.25) is 0 Å². The lowest BCUT2D eigenvalue weighted by Crippen LogP contribution is -2.18. The highest BCUT2D eigenvalue weighted by Gasteiger charge is 2.61. The average molecular weight is 415 g/mol. The van der Waals surface area contributed by atoms with E-state index in [1.54, 1.807) is 12.1 Å². The molecule has 3 heterocycles. The van der Waals surface area contributed by atoms with Crippen molar-refractivity contribution in [2.75, 3.05) is 5.32 Å². The molecule has 1 aliphatic carbocycles. The zero-order valence-corrected chi connectivity index (χ0v) is 16.5. The number of carboxylic acid groups (broad SMARTS) is 1. The summed E-state index contributed by atoms with van der Waals surface area (Å²) >= 11 is 0. The van der Waals surface area contributed by atoms with Crippen LogP contribution in [0, 0.1) is 5.92 Å². The van der Waals surface area contributed by atoms with Gasteiger partial charge in [0.05, 0.1) is 5.69 Å². The predicted molar refractivity (Wildman–Crippen MR) is 105 cm³/mol. The van der Waals surface area contributed by atoms with Crippen molar-refractivity contribution in [1.82, 2.24) is 19.5 Å². The Morgan fingerprint density at radius 1 is 1.23 bits per heavy atom. The summed E-state index contributed by atoms with van der Waals surface area (Å²) in [5.41, 5.74) is 0.883. The third-order valence-corrected chi connectivity index (χ3v) is 4.85.